The number of hydrogen-bond donors (Lipinski definition) is 0. The van der Waals surface area contributed by atoms with Crippen molar-refractivity contribution in [3.8, 4) is 11.5 Å². The molecule has 0 aliphatic carbocycles. The molecule has 0 saturated heterocycles. The molecule has 0 aliphatic rings. The van der Waals surface area contributed by atoms with Crippen LogP contribution in [0.5, 0.6) is 0 Å². The molecule has 0 atom stereocenters. The highest BCUT2D eigenvalue weighted by molar-refractivity contribution is 8.03. The zero-order valence-corrected chi connectivity index (χ0v) is 7.21. The first-order valence-electron chi connectivity index (χ1n) is 3.24. The topological polar surface area (TPSA) is 77.0 Å². The summed E-state index contributed by atoms with van der Waals surface area (Å²) in [5.41, 5.74) is 0.492. The molecule has 0 radical (unpaired) electrons. The Morgan fingerprint density at radius 3 is 2.62 bits per heavy atom. The van der Waals surface area contributed by atoms with Crippen molar-refractivity contribution in [2.24, 2.45) is 5.18 Å². The second-order valence-corrected chi connectivity index (χ2v) is 2.97. The third kappa shape index (κ3) is 2.29. The zero-order chi connectivity index (χ0) is 9.68. The molecule has 0 heterocycles. The van der Waals surface area contributed by atoms with Crippen molar-refractivity contribution in [3.63, 3.8) is 0 Å². The van der Waals surface area contributed by atoms with Crippen LogP contribution in [-0.4, -0.2) is 0 Å². The molecule has 0 unspecified atom stereocenters. The summed E-state index contributed by atoms with van der Waals surface area (Å²) in [7, 11) is 0. The lowest BCUT2D eigenvalue weighted by Gasteiger charge is -1.95. The van der Waals surface area contributed by atoms with Gasteiger partial charge in [-0.15, -0.1) is 4.91 Å². The van der Waals surface area contributed by atoms with Gasteiger partial charge in [0.1, 0.15) is 11.1 Å². The number of nitriles is 2. The summed E-state index contributed by atoms with van der Waals surface area (Å²) < 4.78 is 0. The first-order valence-corrected chi connectivity index (χ1v) is 4.06. The van der Waals surface area contributed by atoms with Gasteiger partial charge in [0, 0.05) is 4.90 Å². The zero-order valence-electron chi connectivity index (χ0n) is 6.39. The summed E-state index contributed by atoms with van der Waals surface area (Å²) in [5.74, 6) is 0. The van der Waals surface area contributed by atoms with Crippen molar-refractivity contribution < 1.29 is 0 Å². The van der Waals surface area contributed by atoms with E-state index in [4.69, 9.17) is 10.5 Å². The van der Waals surface area contributed by atoms with Crippen LogP contribution >= 0.6 is 11.8 Å². The average Bonchev–Trinajstić information content (AvgIpc) is 2.17. The Kier molecular flexibility index (Phi) is 3.02. The summed E-state index contributed by atoms with van der Waals surface area (Å²) >= 11 is 0.890. The molecule has 0 amide bonds. The van der Waals surface area contributed by atoms with Gasteiger partial charge in [0.15, 0.2) is 0 Å². The molecule has 4 nitrogen and oxygen atoms in total. The van der Waals surface area contributed by atoms with Gasteiger partial charge in [-0.1, -0.05) is 0 Å². The molecule has 1 rings (SSSR count). The van der Waals surface area contributed by atoms with E-state index in [1.807, 2.05) is 11.5 Å². The largest absolute Gasteiger partial charge is 0.192 e. The van der Waals surface area contributed by atoms with E-state index in [0.717, 1.165) is 11.8 Å². The molecule has 5 heteroatoms. The Morgan fingerprint density at radius 2 is 2.08 bits per heavy atom. The van der Waals surface area contributed by atoms with Crippen molar-refractivity contribution >= 4 is 17.4 Å². The average molecular weight is 189 g/mol. The molecule has 0 spiro atoms. The summed E-state index contributed by atoms with van der Waals surface area (Å²) in [6.45, 7) is 0. The molecular weight excluding hydrogens is 186 g/mol. The van der Waals surface area contributed by atoms with Crippen molar-refractivity contribution in [2.75, 3.05) is 0 Å². The Balaban J connectivity index is 3.18. The van der Waals surface area contributed by atoms with Crippen LogP contribution < -0.4 is 0 Å². The van der Waals surface area contributed by atoms with Crippen molar-refractivity contribution in [2.45, 2.75) is 4.90 Å². The molecule has 13 heavy (non-hydrogen) atoms. The number of thiocyanates is 1. The highest BCUT2D eigenvalue weighted by Crippen LogP contribution is 2.24. The van der Waals surface area contributed by atoms with Crippen LogP contribution in [0.15, 0.2) is 28.3 Å². The fraction of sp³-hybridized carbons (Fsp3) is 0. The maximum absolute atomic E-state index is 10.2. The fourth-order valence-electron chi connectivity index (χ4n) is 0.812. The maximum Gasteiger partial charge on any atom is 0.138 e. The van der Waals surface area contributed by atoms with Gasteiger partial charge in [0.25, 0.3) is 0 Å². The van der Waals surface area contributed by atoms with Crippen LogP contribution in [0.1, 0.15) is 5.56 Å². The molecule has 1 aromatic rings. The van der Waals surface area contributed by atoms with Crippen LogP contribution in [0, 0.1) is 26.9 Å². The minimum absolute atomic E-state index is 0.164. The van der Waals surface area contributed by atoms with E-state index in [2.05, 4.69) is 5.18 Å². The normalized spacial score (nSPS) is 8.46. The first kappa shape index (κ1) is 9.24. The lowest BCUT2D eigenvalue weighted by atomic mass is 10.2. The van der Waals surface area contributed by atoms with Gasteiger partial charge < -0.3 is 0 Å². The molecule has 0 saturated carbocycles. The lowest BCUT2D eigenvalue weighted by Crippen LogP contribution is -1.75. The maximum atomic E-state index is 10.2. The Hall–Kier alpha value is -1.85. The van der Waals surface area contributed by atoms with Gasteiger partial charge >= 0.3 is 0 Å². The summed E-state index contributed by atoms with van der Waals surface area (Å²) in [6.07, 6.45) is 0. The van der Waals surface area contributed by atoms with E-state index in [1.165, 1.54) is 18.2 Å². The minimum atomic E-state index is 0.164. The SMILES string of the molecule is N#CSc1cc(C#N)cc(N=O)c1. The van der Waals surface area contributed by atoms with E-state index in [-0.39, 0.29) is 5.69 Å². The Bertz CT molecular complexity index is 416. The molecule has 0 aliphatic heterocycles. The van der Waals surface area contributed by atoms with Gasteiger partial charge in [0.2, 0.25) is 0 Å². The predicted octanol–water partition coefficient (Wildman–Crippen LogP) is 2.53. The molecule has 0 fully saturated rings. The van der Waals surface area contributed by atoms with Crippen LogP contribution in [0.2, 0.25) is 0 Å². The van der Waals surface area contributed by atoms with E-state index >= 15 is 0 Å². The third-order valence-electron chi connectivity index (χ3n) is 1.29. The highest BCUT2D eigenvalue weighted by Gasteiger charge is 2.00. The molecule has 0 aromatic heterocycles. The van der Waals surface area contributed by atoms with Gasteiger partial charge in [0.05, 0.1) is 11.6 Å². The standard InChI is InChI=1S/C8H3N3OS/c9-4-6-1-7(11-12)3-8(2-6)13-5-10/h1-3H. The second kappa shape index (κ2) is 4.24. The molecule has 0 bridgehead atoms. The predicted molar refractivity (Wildman–Crippen MR) is 48.1 cm³/mol. The van der Waals surface area contributed by atoms with Crippen molar-refractivity contribution in [1.82, 2.24) is 0 Å². The molecule has 0 N–H and O–H groups in total. The summed E-state index contributed by atoms with van der Waals surface area (Å²) in [4.78, 5) is 10.7. The van der Waals surface area contributed by atoms with Gasteiger partial charge in [-0.3, -0.25) is 0 Å². The number of thioether (sulfide) groups is 1. The third-order valence-corrected chi connectivity index (χ3v) is 1.85. The summed E-state index contributed by atoms with van der Waals surface area (Å²) in [5, 5.41) is 21.5. The molecular formula is C8H3N3OS. The van der Waals surface area contributed by atoms with Crippen LogP contribution in [0.25, 0.3) is 0 Å². The number of hydrogen-bond acceptors (Lipinski definition) is 5. The van der Waals surface area contributed by atoms with Crippen LogP contribution in [0.3, 0.4) is 0 Å². The first-order chi connectivity index (χ1) is 6.30. The van der Waals surface area contributed by atoms with E-state index < -0.39 is 0 Å². The highest BCUT2D eigenvalue weighted by atomic mass is 32.2. The van der Waals surface area contributed by atoms with E-state index in [9.17, 15) is 4.91 Å². The Morgan fingerprint density at radius 1 is 1.31 bits per heavy atom. The van der Waals surface area contributed by atoms with Crippen molar-refractivity contribution in [1.29, 1.82) is 10.5 Å². The van der Waals surface area contributed by atoms with E-state index in [0.29, 0.717) is 10.5 Å². The lowest BCUT2D eigenvalue weighted by molar-refractivity contribution is 1.36. The minimum Gasteiger partial charge on any atom is -0.192 e. The second-order valence-electron chi connectivity index (χ2n) is 2.11. The van der Waals surface area contributed by atoms with E-state index in [1.54, 1.807) is 0 Å². The smallest absolute Gasteiger partial charge is 0.138 e. The van der Waals surface area contributed by atoms with Crippen LogP contribution in [-0.2, 0) is 0 Å². The van der Waals surface area contributed by atoms with Crippen LogP contribution in [0.4, 0.5) is 5.69 Å². The Labute approximate surface area is 78.8 Å². The number of nitrogens with zero attached hydrogens (tertiary/aromatic N) is 3. The molecule has 1 aromatic carbocycles. The summed E-state index contributed by atoms with van der Waals surface area (Å²) in [6, 6.07) is 6.24. The van der Waals surface area contributed by atoms with Crippen molar-refractivity contribution in [3.05, 3.63) is 28.7 Å². The fourth-order valence-corrected chi connectivity index (χ4v) is 1.28. The van der Waals surface area contributed by atoms with Gasteiger partial charge in [-0.25, -0.2) is 0 Å². The number of rotatable bonds is 2. The monoisotopic (exact) mass is 189 g/mol. The molecule has 62 valence electrons. The van der Waals surface area contributed by atoms with Gasteiger partial charge in [-0.2, -0.15) is 10.5 Å². The quantitative estimate of drug-likeness (QED) is 0.407. The van der Waals surface area contributed by atoms with Gasteiger partial charge in [-0.05, 0) is 35.1 Å². The number of benzene rings is 1. The number of nitroso groups, excluding NO2 is 1.